The predicted octanol–water partition coefficient (Wildman–Crippen LogP) is 2.54. The summed E-state index contributed by atoms with van der Waals surface area (Å²) >= 11 is 0. The van der Waals surface area contributed by atoms with Crippen LogP contribution in [-0.2, 0) is 9.84 Å². The van der Waals surface area contributed by atoms with Crippen molar-refractivity contribution >= 4 is 15.5 Å². The van der Waals surface area contributed by atoms with Crippen LogP contribution in [0, 0.1) is 18.7 Å². The van der Waals surface area contributed by atoms with E-state index in [9.17, 15) is 12.8 Å². The SMILES string of the molecule is CC.CC1CS(=O)(=O)CC[C@H]1O.Cc1ccc(N)c(F)c1. The van der Waals surface area contributed by atoms with Crippen LogP contribution >= 0.6 is 0 Å². The Morgan fingerprint density at radius 3 is 2.29 bits per heavy atom. The Balaban J connectivity index is 0.000000342. The van der Waals surface area contributed by atoms with E-state index in [2.05, 4.69) is 0 Å². The van der Waals surface area contributed by atoms with Crippen LogP contribution in [0.1, 0.15) is 32.8 Å². The second-order valence-corrected chi connectivity index (χ2v) is 7.20. The first-order chi connectivity index (χ1) is 9.71. The maximum Gasteiger partial charge on any atom is 0.150 e. The number of aliphatic hydroxyl groups is 1. The number of rotatable bonds is 0. The number of hydrogen-bond acceptors (Lipinski definition) is 4. The monoisotopic (exact) mass is 319 g/mol. The molecular weight excluding hydrogens is 293 g/mol. The van der Waals surface area contributed by atoms with Crippen molar-refractivity contribution in [3.63, 3.8) is 0 Å². The van der Waals surface area contributed by atoms with Crippen molar-refractivity contribution in [1.82, 2.24) is 0 Å². The van der Waals surface area contributed by atoms with E-state index < -0.39 is 15.9 Å². The van der Waals surface area contributed by atoms with Crippen molar-refractivity contribution < 1.29 is 17.9 Å². The lowest BCUT2D eigenvalue weighted by molar-refractivity contribution is 0.118. The minimum atomic E-state index is -2.82. The summed E-state index contributed by atoms with van der Waals surface area (Å²) in [5.74, 6) is -0.124. The maximum atomic E-state index is 12.5. The summed E-state index contributed by atoms with van der Waals surface area (Å²) in [6, 6.07) is 4.75. The zero-order valence-corrected chi connectivity index (χ0v) is 14.0. The molecule has 0 aliphatic carbocycles. The molecule has 122 valence electrons. The van der Waals surface area contributed by atoms with Gasteiger partial charge in [0.2, 0.25) is 0 Å². The summed E-state index contributed by atoms with van der Waals surface area (Å²) in [5, 5.41) is 9.15. The molecule has 1 saturated heterocycles. The van der Waals surface area contributed by atoms with Crippen LogP contribution in [0.4, 0.5) is 10.1 Å². The number of aliphatic hydroxyl groups excluding tert-OH is 1. The summed E-state index contributed by atoms with van der Waals surface area (Å²) in [6.45, 7) is 7.59. The van der Waals surface area contributed by atoms with E-state index in [0.29, 0.717) is 6.42 Å². The van der Waals surface area contributed by atoms with Crippen molar-refractivity contribution in [3.8, 4) is 0 Å². The number of anilines is 1. The summed E-state index contributed by atoms with van der Waals surface area (Å²) in [7, 11) is -2.82. The molecule has 3 N–H and O–H groups in total. The third-order valence-electron chi connectivity index (χ3n) is 3.05. The molecule has 1 fully saturated rings. The molecule has 6 heteroatoms. The Morgan fingerprint density at radius 1 is 1.33 bits per heavy atom. The average Bonchev–Trinajstić information content (AvgIpc) is 2.42. The van der Waals surface area contributed by atoms with Gasteiger partial charge >= 0.3 is 0 Å². The van der Waals surface area contributed by atoms with Gasteiger partial charge in [-0.15, -0.1) is 0 Å². The fraction of sp³-hybridized carbons (Fsp3) is 0.600. The third-order valence-corrected chi connectivity index (χ3v) is 4.95. The molecule has 2 rings (SSSR count). The van der Waals surface area contributed by atoms with Gasteiger partial charge in [-0.1, -0.05) is 26.8 Å². The normalized spacial score (nSPS) is 23.1. The lowest BCUT2D eigenvalue weighted by Gasteiger charge is -2.23. The Bertz CT molecular complexity index is 532. The van der Waals surface area contributed by atoms with Crippen LogP contribution in [-0.4, -0.2) is 31.1 Å². The first-order valence-electron chi connectivity index (χ1n) is 7.11. The van der Waals surface area contributed by atoms with Crippen LogP contribution in [0.15, 0.2) is 18.2 Å². The highest BCUT2D eigenvalue weighted by Gasteiger charge is 2.28. The summed E-state index contributed by atoms with van der Waals surface area (Å²) < 4.78 is 34.2. The number of nitrogens with two attached hydrogens (primary N) is 1. The summed E-state index contributed by atoms with van der Waals surface area (Å²) in [4.78, 5) is 0. The average molecular weight is 319 g/mol. The summed E-state index contributed by atoms with van der Waals surface area (Å²) in [6.07, 6.45) is -0.00715. The smallest absolute Gasteiger partial charge is 0.150 e. The van der Waals surface area contributed by atoms with E-state index >= 15 is 0 Å². The van der Waals surface area contributed by atoms with Crippen LogP contribution in [0.2, 0.25) is 0 Å². The van der Waals surface area contributed by atoms with Crippen LogP contribution in [0.3, 0.4) is 0 Å². The molecule has 0 aromatic heterocycles. The second-order valence-electron chi connectivity index (χ2n) is 4.97. The minimum Gasteiger partial charge on any atom is -0.396 e. The van der Waals surface area contributed by atoms with E-state index in [1.54, 1.807) is 19.1 Å². The van der Waals surface area contributed by atoms with Gasteiger partial charge in [-0.25, -0.2) is 12.8 Å². The molecule has 0 amide bonds. The van der Waals surface area contributed by atoms with Gasteiger partial charge in [0.15, 0.2) is 9.84 Å². The lowest BCUT2D eigenvalue weighted by Crippen LogP contribution is -2.34. The molecule has 1 aromatic rings. The van der Waals surface area contributed by atoms with Crippen molar-refractivity contribution in [3.05, 3.63) is 29.6 Å². The molecule has 1 aliphatic heterocycles. The van der Waals surface area contributed by atoms with Crippen LogP contribution in [0.25, 0.3) is 0 Å². The second kappa shape index (κ2) is 9.00. The minimum absolute atomic E-state index is 0.0845. The zero-order chi connectivity index (χ0) is 16.6. The number of sulfone groups is 1. The molecule has 4 nitrogen and oxygen atoms in total. The highest BCUT2D eigenvalue weighted by molar-refractivity contribution is 7.91. The Hall–Kier alpha value is -1.14. The molecule has 21 heavy (non-hydrogen) atoms. The van der Waals surface area contributed by atoms with Crippen molar-refractivity contribution in [2.24, 2.45) is 5.92 Å². The van der Waals surface area contributed by atoms with E-state index in [1.165, 1.54) is 6.07 Å². The van der Waals surface area contributed by atoms with E-state index in [-0.39, 0.29) is 28.9 Å². The Labute approximate surface area is 127 Å². The number of nitrogen functional groups attached to an aromatic ring is 1. The topological polar surface area (TPSA) is 80.4 Å². The highest BCUT2D eigenvalue weighted by Crippen LogP contribution is 2.17. The molecule has 0 spiro atoms. The van der Waals surface area contributed by atoms with Gasteiger partial charge in [-0.3, -0.25) is 0 Å². The molecule has 1 heterocycles. The van der Waals surface area contributed by atoms with Crippen LogP contribution < -0.4 is 5.73 Å². The molecule has 2 atom stereocenters. The van der Waals surface area contributed by atoms with E-state index in [1.807, 2.05) is 20.8 Å². The lowest BCUT2D eigenvalue weighted by atomic mass is 10.1. The Morgan fingerprint density at radius 2 is 1.90 bits per heavy atom. The van der Waals surface area contributed by atoms with Gasteiger partial charge in [0.1, 0.15) is 5.82 Å². The standard InChI is InChI=1S/C7H8FN.C6H12O3S.C2H6/c1-5-2-3-7(9)6(8)4-5;1-5-4-10(8,9)3-2-6(5)7;1-2/h2-4H,9H2,1H3;5-7H,2-4H2,1H3;1-2H3/t;5?,6-;/m.1./s1. The molecule has 0 radical (unpaired) electrons. The summed E-state index contributed by atoms with van der Waals surface area (Å²) in [5.41, 5.74) is 6.31. The van der Waals surface area contributed by atoms with E-state index in [0.717, 1.165) is 5.56 Å². The zero-order valence-electron chi connectivity index (χ0n) is 13.1. The maximum absolute atomic E-state index is 12.5. The van der Waals surface area contributed by atoms with Gasteiger partial charge in [0.05, 0.1) is 23.3 Å². The number of halogens is 1. The first kappa shape index (κ1) is 19.9. The van der Waals surface area contributed by atoms with E-state index in [4.69, 9.17) is 10.8 Å². The molecular formula is C15H26FNO3S. The van der Waals surface area contributed by atoms with Crippen molar-refractivity contribution in [2.45, 2.75) is 40.2 Å². The fourth-order valence-corrected chi connectivity index (χ4v) is 3.60. The highest BCUT2D eigenvalue weighted by atomic mass is 32.2. The number of benzene rings is 1. The van der Waals surface area contributed by atoms with Gasteiger partial charge in [0.25, 0.3) is 0 Å². The van der Waals surface area contributed by atoms with Gasteiger partial charge in [-0.05, 0) is 37.0 Å². The largest absolute Gasteiger partial charge is 0.396 e. The Kier molecular flexibility index (Phi) is 8.51. The van der Waals surface area contributed by atoms with Crippen molar-refractivity contribution in [2.75, 3.05) is 17.2 Å². The number of hydrogen-bond donors (Lipinski definition) is 2. The molecule has 1 aliphatic rings. The molecule has 0 bridgehead atoms. The third kappa shape index (κ3) is 7.43. The molecule has 1 unspecified atom stereocenters. The fourth-order valence-electron chi connectivity index (χ4n) is 1.81. The molecule has 1 aromatic carbocycles. The number of aryl methyl sites for hydroxylation is 1. The molecule has 0 saturated carbocycles. The first-order valence-corrected chi connectivity index (χ1v) is 8.93. The van der Waals surface area contributed by atoms with Gasteiger partial charge < -0.3 is 10.8 Å². The quantitative estimate of drug-likeness (QED) is 0.720. The predicted molar refractivity (Wildman–Crippen MR) is 85.3 cm³/mol. The van der Waals surface area contributed by atoms with Gasteiger partial charge in [-0.2, -0.15) is 0 Å². The van der Waals surface area contributed by atoms with Crippen LogP contribution in [0.5, 0.6) is 0 Å². The van der Waals surface area contributed by atoms with Gasteiger partial charge in [0, 0.05) is 0 Å². The van der Waals surface area contributed by atoms with Crippen molar-refractivity contribution in [1.29, 1.82) is 0 Å².